The zero-order valence-electron chi connectivity index (χ0n) is 12.2. The number of carbonyl (C=O) groups excluding carboxylic acids is 1. The molecule has 1 saturated heterocycles. The molecule has 1 aliphatic heterocycles. The van der Waals surface area contributed by atoms with Crippen LogP contribution in [-0.2, 0) is 14.3 Å². The molecule has 0 unspecified atom stereocenters. The lowest BCUT2D eigenvalue weighted by molar-refractivity contribution is -0.161. The second kappa shape index (κ2) is 7.22. The Morgan fingerprint density at radius 2 is 2.23 bits per heavy atom. The second-order valence-corrected chi connectivity index (χ2v) is 4.93. The molecule has 1 aliphatic rings. The highest BCUT2D eigenvalue weighted by molar-refractivity contribution is 5.82. The third kappa shape index (κ3) is 3.73. The number of aliphatic carboxylic acids is 1. The van der Waals surface area contributed by atoms with Crippen LogP contribution >= 0.6 is 0 Å². The van der Waals surface area contributed by atoms with E-state index in [-0.39, 0.29) is 24.8 Å². The maximum atomic E-state index is 13.6. The van der Waals surface area contributed by atoms with Gasteiger partial charge >= 0.3 is 5.97 Å². The number of carbonyl (C=O) groups is 2. The molecular weight excluding hydrogens is 293 g/mol. The number of amides is 1. The minimum Gasteiger partial charge on any atom is -0.479 e. The van der Waals surface area contributed by atoms with Gasteiger partial charge in [0.15, 0.2) is 23.8 Å². The SMILES string of the molecule is CC[C@@H](Oc1ccccc1F)C(=O)N1CCO[C@@H](C(=O)O)C1. The van der Waals surface area contributed by atoms with Crippen LogP contribution in [0, 0.1) is 5.82 Å². The molecule has 0 bridgehead atoms. The number of para-hydroxylation sites is 1. The van der Waals surface area contributed by atoms with E-state index in [0.29, 0.717) is 13.0 Å². The normalized spacial score (nSPS) is 19.5. The van der Waals surface area contributed by atoms with Gasteiger partial charge in [-0.2, -0.15) is 0 Å². The summed E-state index contributed by atoms with van der Waals surface area (Å²) in [5.74, 6) is -2.01. The fraction of sp³-hybridized carbons (Fsp3) is 0.467. The minimum atomic E-state index is -1.11. The molecule has 0 aromatic heterocycles. The van der Waals surface area contributed by atoms with Crippen molar-refractivity contribution in [3.8, 4) is 5.75 Å². The van der Waals surface area contributed by atoms with E-state index in [9.17, 15) is 14.0 Å². The first kappa shape index (κ1) is 16.2. The van der Waals surface area contributed by atoms with Crippen molar-refractivity contribution in [1.82, 2.24) is 4.90 Å². The van der Waals surface area contributed by atoms with Crippen LogP contribution in [0.2, 0.25) is 0 Å². The van der Waals surface area contributed by atoms with Crippen molar-refractivity contribution in [1.29, 1.82) is 0 Å². The van der Waals surface area contributed by atoms with Crippen molar-refractivity contribution >= 4 is 11.9 Å². The molecule has 2 atom stereocenters. The zero-order valence-corrected chi connectivity index (χ0v) is 12.2. The van der Waals surface area contributed by atoms with Crippen LogP contribution in [0.25, 0.3) is 0 Å². The van der Waals surface area contributed by atoms with Gasteiger partial charge in [0, 0.05) is 6.54 Å². The molecule has 7 heteroatoms. The number of ether oxygens (including phenoxy) is 2. The van der Waals surface area contributed by atoms with E-state index < -0.39 is 24.0 Å². The van der Waals surface area contributed by atoms with Gasteiger partial charge < -0.3 is 19.5 Å². The van der Waals surface area contributed by atoms with Crippen LogP contribution in [0.15, 0.2) is 24.3 Å². The van der Waals surface area contributed by atoms with Crippen molar-refractivity contribution in [3.05, 3.63) is 30.1 Å². The van der Waals surface area contributed by atoms with Gasteiger partial charge in [0.25, 0.3) is 5.91 Å². The molecule has 0 spiro atoms. The minimum absolute atomic E-state index is 0.00532. The quantitative estimate of drug-likeness (QED) is 0.887. The molecule has 0 aliphatic carbocycles. The maximum Gasteiger partial charge on any atom is 0.334 e. The Balaban J connectivity index is 2.05. The smallest absolute Gasteiger partial charge is 0.334 e. The number of halogens is 1. The third-order valence-corrected chi connectivity index (χ3v) is 3.41. The molecule has 120 valence electrons. The average molecular weight is 311 g/mol. The zero-order chi connectivity index (χ0) is 16.1. The summed E-state index contributed by atoms with van der Waals surface area (Å²) in [5, 5.41) is 8.96. The fourth-order valence-corrected chi connectivity index (χ4v) is 2.20. The summed E-state index contributed by atoms with van der Waals surface area (Å²) in [7, 11) is 0. The lowest BCUT2D eigenvalue weighted by Crippen LogP contribution is -2.52. The van der Waals surface area contributed by atoms with E-state index in [0.717, 1.165) is 0 Å². The predicted molar refractivity (Wildman–Crippen MR) is 75.1 cm³/mol. The molecule has 2 rings (SSSR count). The Hall–Kier alpha value is -2.15. The van der Waals surface area contributed by atoms with Crippen LogP contribution in [0.1, 0.15) is 13.3 Å². The van der Waals surface area contributed by atoms with Gasteiger partial charge in [0.1, 0.15) is 0 Å². The summed E-state index contributed by atoms with van der Waals surface area (Å²) in [6.07, 6.45) is -1.55. The first-order valence-corrected chi connectivity index (χ1v) is 7.07. The summed E-state index contributed by atoms with van der Waals surface area (Å²) < 4.78 is 24.1. The van der Waals surface area contributed by atoms with E-state index >= 15 is 0 Å². The van der Waals surface area contributed by atoms with Gasteiger partial charge in [-0.1, -0.05) is 19.1 Å². The van der Waals surface area contributed by atoms with Crippen molar-refractivity contribution in [2.75, 3.05) is 19.7 Å². The molecule has 1 aromatic carbocycles. The van der Waals surface area contributed by atoms with Gasteiger partial charge in [-0.05, 0) is 18.6 Å². The predicted octanol–water partition coefficient (Wildman–Crippen LogP) is 1.30. The highest BCUT2D eigenvalue weighted by Crippen LogP contribution is 2.19. The van der Waals surface area contributed by atoms with E-state index in [1.807, 2.05) is 0 Å². The Labute approximate surface area is 127 Å². The Morgan fingerprint density at radius 1 is 1.50 bits per heavy atom. The largest absolute Gasteiger partial charge is 0.479 e. The molecular formula is C15H18FNO5. The standard InChI is InChI=1S/C15H18FNO5/c1-2-11(22-12-6-4-3-5-10(12)16)14(18)17-7-8-21-13(9-17)15(19)20/h3-6,11,13H,2,7-9H2,1H3,(H,19,20)/t11-,13-/m1/s1. The number of hydrogen-bond acceptors (Lipinski definition) is 4. The molecule has 1 aromatic rings. The summed E-state index contributed by atoms with van der Waals surface area (Å²) in [6, 6.07) is 5.85. The van der Waals surface area contributed by atoms with Gasteiger partial charge in [0.05, 0.1) is 13.2 Å². The third-order valence-electron chi connectivity index (χ3n) is 3.41. The first-order valence-electron chi connectivity index (χ1n) is 7.07. The van der Waals surface area contributed by atoms with Crippen molar-refractivity contribution in [3.63, 3.8) is 0 Å². The van der Waals surface area contributed by atoms with Crippen LogP contribution in [0.3, 0.4) is 0 Å². The van der Waals surface area contributed by atoms with E-state index in [2.05, 4.69) is 0 Å². The van der Waals surface area contributed by atoms with Crippen LogP contribution in [0.5, 0.6) is 5.75 Å². The lowest BCUT2D eigenvalue weighted by Gasteiger charge is -2.33. The highest BCUT2D eigenvalue weighted by atomic mass is 19.1. The number of carboxylic acid groups (broad SMARTS) is 1. The van der Waals surface area contributed by atoms with E-state index in [1.54, 1.807) is 13.0 Å². The molecule has 6 nitrogen and oxygen atoms in total. The summed E-state index contributed by atoms with van der Waals surface area (Å²) in [4.78, 5) is 24.8. The second-order valence-electron chi connectivity index (χ2n) is 4.93. The van der Waals surface area contributed by atoms with Gasteiger partial charge in [-0.15, -0.1) is 0 Å². The van der Waals surface area contributed by atoms with Crippen molar-refractivity contribution < 1.29 is 28.6 Å². The number of benzene rings is 1. The van der Waals surface area contributed by atoms with Crippen LogP contribution in [-0.4, -0.2) is 53.8 Å². The Morgan fingerprint density at radius 3 is 2.86 bits per heavy atom. The van der Waals surface area contributed by atoms with E-state index in [4.69, 9.17) is 14.6 Å². The number of morpholine rings is 1. The van der Waals surface area contributed by atoms with Crippen molar-refractivity contribution in [2.45, 2.75) is 25.6 Å². The summed E-state index contributed by atoms with van der Waals surface area (Å²) >= 11 is 0. The maximum absolute atomic E-state index is 13.6. The Kier molecular flexibility index (Phi) is 5.32. The average Bonchev–Trinajstić information content (AvgIpc) is 2.53. The molecule has 1 amide bonds. The number of hydrogen-bond donors (Lipinski definition) is 1. The van der Waals surface area contributed by atoms with Crippen molar-refractivity contribution in [2.24, 2.45) is 0 Å². The van der Waals surface area contributed by atoms with Gasteiger partial charge in [-0.25, -0.2) is 9.18 Å². The molecule has 1 N–H and O–H groups in total. The monoisotopic (exact) mass is 311 g/mol. The summed E-state index contributed by atoms with van der Waals surface area (Å²) in [5.41, 5.74) is 0. The fourth-order valence-electron chi connectivity index (χ4n) is 2.20. The summed E-state index contributed by atoms with van der Waals surface area (Å²) in [6.45, 7) is 2.16. The molecule has 1 heterocycles. The number of rotatable bonds is 5. The molecule has 1 fully saturated rings. The molecule has 0 radical (unpaired) electrons. The van der Waals surface area contributed by atoms with E-state index in [1.165, 1.54) is 23.1 Å². The Bertz CT molecular complexity index is 550. The topological polar surface area (TPSA) is 76.1 Å². The number of nitrogens with zero attached hydrogens (tertiary/aromatic N) is 1. The van der Waals surface area contributed by atoms with Crippen LogP contribution < -0.4 is 4.74 Å². The molecule has 0 saturated carbocycles. The molecule has 22 heavy (non-hydrogen) atoms. The first-order chi connectivity index (χ1) is 10.5. The highest BCUT2D eigenvalue weighted by Gasteiger charge is 2.32. The lowest BCUT2D eigenvalue weighted by atomic mass is 10.2. The van der Waals surface area contributed by atoms with Gasteiger partial charge in [-0.3, -0.25) is 4.79 Å². The van der Waals surface area contributed by atoms with Crippen LogP contribution in [0.4, 0.5) is 4.39 Å². The number of carboxylic acids is 1. The van der Waals surface area contributed by atoms with Gasteiger partial charge in [0.2, 0.25) is 0 Å².